The van der Waals surface area contributed by atoms with Gasteiger partial charge in [0.15, 0.2) is 5.78 Å². The fourth-order valence-corrected chi connectivity index (χ4v) is 2.28. The molecule has 0 unspecified atom stereocenters. The Morgan fingerprint density at radius 3 is 2.24 bits per heavy atom. The summed E-state index contributed by atoms with van der Waals surface area (Å²) in [6.07, 6.45) is -1.22. The van der Waals surface area contributed by atoms with E-state index >= 15 is 0 Å². The van der Waals surface area contributed by atoms with Gasteiger partial charge in [-0.3, -0.25) is 25.0 Å². The van der Waals surface area contributed by atoms with Crippen molar-refractivity contribution < 1.29 is 14.6 Å². The highest BCUT2D eigenvalue weighted by Crippen LogP contribution is 2.21. The number of nitro groups is 2. The van der Waals surface area contributed by atoms with E-state index in [4.69, 9.17) is 0 Å². The molecule has 0 aliphatic rings. The highest BCUT2D eigenvalue weighted by molar-refractivity contribution is 5.96. The van der Waals surface area contributed by atoms with Gasteiger partial charge in [-0.1, -0.05) is 12.1 Å². The first-order chi connectivity index (χ1) is 9.75. The van der Waals surface area contributed by atoms with Crippen molar-refractivity contribution in [3.05, 3.63) is 54.6 Å². The standard InChI is InChI=1S/C14H18N2O5/c1-9-7-8-13(11(3)17)12(10(9)2)5-4-6-14(15(18)19)16(20)21/h7-8,14H,4-6H2,1-3H3. The molecule has 0 heterocycles. The maximum Gasteiger partial charge on any atom is 0.450 e. The number of hydrogen-bond donors (Lipinski definition) is 0. The fraction of sp³-hybridized carbons (Fsp3) is 0.500. The number of carbonyl (C=O) groups excluding carboxylic acids is 1. The van der Waals surface area contributed by atoms with Gasteiger partial charge >= 0.3 is 6.17 Å². The van der Waals surface area contributed by atoms with E-state index in [9.17, 15) is 25.0 Å². The largest absolute Gasteiger partial charge is 0.450 e. The molecule has 7 nitrogen and oxygen atoms in total. The first-order valence-corrected chi connectivity index (χ1v) is 6.62. The third-order valence-electron chi connectivity index (χ3n) is 3.62. The predicted octanol–water partition coefficient (Wildman–Crippen LogP) is 2.71. The van der Waals surface area contributed by atoms with Gasteiger partial charge in [0, 0.05) is 5.56 Å². The van der Waals surface area contributed by atoms with Crippen molar-refractivity contribution in [2.75, 3.05) is 0 Å². The Kier molecular flexibility index (Phi) is 5.52. The molecule has 0 fully saturated rings. The summed E-state index contributed by atoms with van der Waals surface area (Å²) in [6.45, 7) is 5.26. The first kappa shape index (κ1) is 16.7. The van der Waals surface area contributed by atoms with Crippen LogP contribution in [0, 0.1) is 34.1 Å². The summed E-state index contributed by atoms with van der Waals surface area (Å²) >= 11 is 0. The van der Waals surface area contributed by atoms with Gasteiger partial charge in [-0.05, 0) is 50.3 Å². The minimum absolute atomic E-state index is 0.0757. The normalized spacial score (nSPS) is 10.7. The van der Waals surface area contributed by atoms with Gasteiger partial charge in [0.2, 0.25) is 0 Å². The summed E-state index contributed by atoms with van der Waals surface area (Å²) in [5.41, 5.74) is 3.39. The summed E-state index contributed by atoms with van der Waals surface area (Å²) in [5.74, 6) is -0.0757. The Bertz CT molecular complexity index is 569. The van der Waals surface area contributed by atoms with Gasteiger partial charge in [0.25, 0.3) is 0 Å². The maximum absolute atomic E-state index is 11.6. The maximum atomic E-state index is 11.6. The number of rotatable bonds is 7. The second-order valence-electron chi connectivity index (χ2n) is 5.03. The average Bonchev–Trinajstić information content (AvgIpc) is 2.37. The quantitative estimate of drug-likeness (QED) is 0.333. The van der Waals surface area contributed by atoms with E-state index in [1.165, 1.54) is 6.92 Å². The summed E-state index contributed by atoms with van der Waals surface area (Å²) in [5, 5.41) is 21.2. The van der Waals surface area contributed by atoms with Crippen LogP contribution in [-0.4, -0.2) is 21.8 Å². The predicted molar refractivity (Wildman–Crippen MR) is 76.6 cm³/mol. The van der Waals surface area contributed by atoms with Crippen LogP contribution in [0.5, 0.6) is 0 Å². The van der Waals surface area contributed by atoms with Crippen molar-refractivity contribution in [2.24, 2.45) is 0 Å². The van der Waals surface area contributed by atoms with Crippen LogP contribution in [0.3, 0.4) is 0 Å². The highest BCUT2D eigenvalue weighted by Gasteiger charge is 2.31. The fourth-order valence-electron chi connectivity index (χ4n) is 2.28. The lowest BCUT2D eigenvalue weighted by molar-refractivity contribution is -0.743. The molecule has 114 valence electrons. The molecular weight excluding hydrogens is 276 g/mol. The highest BCUT2D eigenvalue weighted by atomic mass is 16.7. The van der Waals surface area contributed by atoms with Gasteiger partial charge in [0.05, 0.1) is 16.3 Å². The Morgan fingerprint density at radius 1 is 1.19 bits per heavy atom. The number of Topliss-reactive ketones (excluding diaryl/α,β-unsaturated/α-hetero) is 1. The zero-order chi connectivity index (χ0) is 16.2. The third-order valence-corrected chi connectivity index (χ3v) is 3.62. The SMILES string of the molecule is CC(=O)c1ccc(C)c(C)c1CCCC([N+](=O)[O-])[N+](=O)[O-]. The molecule has 0 radical (unpaired) electrons. The minimum Gasteiger partial charge on any atom is -0.295 e. The van der Waals surface area contributed by atoms with E-state index in [1.807, 2.05) is 19.9 Å². The van der Waals surface area contributed by atoms with E-state index in [2.05, 4.69) is 0 Å². The molecule has 0 aliphatic carbocycles. The zero-order valence-corrected chi connectivity index (χ0v) is 12.3. The molecule has 0 saturated heterocycles. The minimum atomic E-state index is -1.78. The van der Waals surface area contributed by atoms with E-state index in [0.29, 0.717) is 12.0 Å². The van der Waals surface area contributed by atoms with Crippen molar-refractivity contribution >= 4 is 5.78 Å². The summed E-state index contributed by atoms with van der Waals surface area (Å²) < 4.78 is 0. The second kappa shape index (κ2) is 6.92. The van der Waals surface area contributed by atoms with Crippen molar-refractivity contribution in [1.29, 1.82) is 0 Å². The van der Waals surface area contributed by atoms with Gasteiger partial charge in [-0.15, -0.1) is 0 Å². The van der Waals surface area contributed by atoms with E-state index in [-0.39, 0.29) is 18.6 Å². The number of aryl methyl sites for hydroxylation is 1. The molecule has 1 aromatic rings. The van der Waals surface area contributed by atoms with E-state index in [0.717, 1.165) is 16.7 Å². The molecule has 0 aromatic heterocycles. The lowest BCUT2D eigenvalue weighted by Gasteiger charge is -2.13. The third kappa shape index (κ3) is 4.08. The Hall–Kier alpha value is -2.31. The monoisotopic (exact) mass is 294 g/mol. The van der Waals surface area contributed by atoms with Gasteiger partial charge in [-0.2, -0.15) is 0 Å². The van der Waals surface area contributed by atoms with Crippen LogP contribution in [0.1, 0.15) is 46.8 Å². The molecular formula is C14H18N2O5. The van der Waals surface area contributed by atoms with Crippen LogP contribution in [-0.2, 0) is 6.42 Å². The Morgan fingerprint density at radius 2 is 1.76 bits per heavy atom. The van der Waals surface area contributed by atoms with Gasteiger partial charge in [0.1, 0.15) is 0 Å². The molecule has 0 bridgehead atoms. The molecule has 7 heteroatoms. The van der Waals surface area contributed by atoms with Crippen molar-refractivity contribution in [1.82, 2.24) is 0 Å². The first-order valence-electron chi connectivity index (χ1n) is 6.62. The zero-order valence-electron chi connectivity index (χ0n) is 12.3. The van der Waals surface area contributed by atoms with Crippen LogP contribution in [0.2, 0.25) is 0 Å². The molecule has 0 amide bonds. The summed E-state index contributed by atoms with van der Waals surface area (Å²) in [6, 6.07) is 3.59. The average molecular weight is 294 g/mol. The molecule has 0 atom stereocenters. The van der Waals surface area contributed by atoms with Crippen LogP contribution in [0.4, 0.5) is 0 Å². The van der Waals surface area contributed by atoms with E-state index in [1.54, 1.807) is 6.07 Å². The van der Waals surface area contributed by atoms with Crippen molar-refractivity contribution in [3.8, 4) is 0 Å². The topological polar surface area (TPSA) is 103 Å². The van der Waals surface area contributed by atoms with Crippen LogP contribution in [0.15, 0.2) is 12.1 Å². The van der Waals surface area contributed by atoms with Crippen molar-refractivity contribution in [2.45, 2.75) is 46.2 Å². The second-order valence-corrected chi connectivity index (χ2v) is 5.03. The Balaban J connectivity index is 2.89. The smallest absolute Gasteiger partial charge is 0.295 e. The number of nitrogens with zero attached hydrogens (tertiary/aromatic N) is 2. The lowest BCUT2D eigenvalue weighted by atomic mass is 9.92. The molecule has 1 rings (SSSR count). The molecule has 0 N–H and O–H groups in total. The summed E-state index contributed by atoms with van der Waals surface area (Å²) in [7, 11) is 0. The number of benzene rings is 1. The van der Waals surface area contributed by atoms with Crippen LogP contribution < -0.4 is 0 Å². The lowest BCUT2D eigenvalue weighted by Crippen LogP contribution is -2.28. The molecule has 21 heavy (non-hydrogen) atoms. The molecule has 0 aliphatic heterocycles. The molecule has 0 saturated carbocycles. The van der Waals surface area contributed by atoms with Crippen LogP contribution in [0.25, 0.3) is 0 Å². The molecule has 0 spiro atoms. The Labute approximate surface area is 122 Å². The number of ketones is 1. The van der Waals surface area contributed by atoms with Crippen LogP contribution >= 0.6 is 0 Å². The number of hydrogen-bond acceptors (Lipinski definition) is 5. The molecule has 1 aromatic carbocycles. The number of carbonyl (C=O) groups is 1. The van der Waals surface area contributed by atoms with Crippen molar-refractivity contribution in [3.63, 3.8) is 0 Å². The van der Waals surface area contributed by atoms with E-state index < -0.39 is 16.0 Å². The van der Waals surface area contributed by atoms with Gasteiger partial charge < -0.3 is 0 Å². The summed E-state index contributed by atoms with van der Waals surface area (Å²) in [4.78, 5) is 31.0. The van der Waals surface area contributed by atoms with Gasteiger partial charge in [-0.25, -0.2) is 0 Å².